The van der Waals surface area contributed by atoms with Gasteiger partial charge in [0.05, 0.1) is 16.6 Å². The number of hydrogen-bond acceptors (Lipinski definition) is 4. The summed E-state index contributed by atoms with van der Waals surface area (Å²) in [5.74, 6) is -1.02. The molecule has 0 saturated heterocycles. The first kappa shape index (κ1) is 20.7. The number of rotatable bonds is 6. The number of fused-ring (bicyclic) bond motifs is 1. The largest absolute Gasteiger partial charge is 0.449 e. The van der Waals surface area contributed by atoms with Gasteiger partial charge in [0.25, 0.3) is 5.91 Å². The Bertz CT molecular complexity index is 1050. The van der Waals surface area contributed by atoms with Gasteiger partial charge in [-0.1, -0.05) is 48.0 Å². The van der Waals surface area contributed by atoms with E-state index in [0.29, 0.717) is 0 Å². The van der Waals surface area contributed by atoms with Gasteiger partial charge in [-0.3, -0.25) is 4.79 Å². The van der Waals surface area contributed by atoms with Crippen LogP contribution in [0.4, 0.5) is 5.69 Å². The lowest BCUT2D eigenvalue weighted by atomic mass is 10.0. The van der Waals surface area contributed by atoms with Crippen molar-refractivity contribution in [1.29, 1.82) is 0 Å². The fourth-order valence-corrected chi connectivity index (χ4v) is 3.20. The van der Waals surface area contributed by atoms with E-state index >= 15 is 0 Å². The Hall–Kier alpha value is -3.05. The van der Waals surface area contributed by atoms with Crippen LogP contribution in [0.3, 0.4) is 0 Å². The number of ether oxygens (including phenoxy) is 1. The van der Waals surface area contributed by atoms with Gasteiger partial charge in [-0.25, -0.2) is 4.79 Å². The average Bonchev–Trinajstić information content (AvgIpc) is 2.73. The van der Waals surface area contributed by atoms with Gasteiger partial charge in [-0.2, -0.15) is 0 Å². The molecule has 0 radical (unpaired) electrons. The summed E-state index contributed by atoms with van der Waals surface area (Å²) in [5.41, 5.74) is 1.91. The van der Waals surface area contributed by atoms with Crippen molar-refractivity contribution >= 4 is 39.9 Å². The van der Waals surface area contributed by atoms with E-state index < -0.39 is 12.1 Å². The van der Waals surface area contributed by atoms with Crippen LogP contribution >= 0.6 is 11.6 Å². The van der Waals surface area contributed by atoms with Crippen molar-refractivity contribution in [3.05, 3.63) is 76.8 Å². The number of benzene rings is 3. The molecule has 150 valence electrons. The van der Waals surface area contributed by atoms with Crippen molar-refractivity contribution in [1.82, 2.24) is 5.32 Å². The molecule has 6 heteroatoms. The molecule has 2 unspecified atom stereocenters. The summed E-state index contributed by atoms with van der Waals surface area (Å²) in [5, 5.41) is 8.34. The summed E-state index contributed by atoms with van der Waals surface area (Å²) >= 11 is 6.09. The normalized spacial score (nSPS) is 12.8. The molecule has 3 aromatic rings. The number of anilines is 1. The monoisotopic (exact) mass is 410 g/mol. The summed E-state index contributed by atoms with van der Waals surface area (Å²) in [7, 11) is 1.74. The molecular formula is C23H23ClN2O3. The maximum atomic E-state index is 12.5. The molecule has 3 rings (SSSR count). The van der Waals surface area contributed by atoms with E-state index in [1.807, 2.05) is 49.4 Å². The van der Waals surface area contributed by atoms with Crippen LogP contribution in [0.25, 0.3) is 10.8 Å². The molecule has 29 heavy (non-hydrogen) atoms. The SMILES string of the molecule is CNc1ccc(Cl)c(C(=O)OC(C)C(=O)NC(C)c2ccc3ccccc3c2)c1. The summed E-state index contributed by atoms with van der Waals surface area (Å²) in [6, 6.07) is 18.8. The molecule has 0 saturated carbocycles. The lowest BCUT2D eigenvalue weighted by Crippen LogP contribution is -2.37. The molecule has 1 amide bonds. The highest BCUT2D eigenvalue weighted by atomic mass is 35.5. The van der Waals surface area contributed by atoms with Crippen molar-refractivity contribution in [3.63, 3.8) is 0 Å². The maximum Gasteiger partial charge on any atom is 0.340 e. The highest BCUT2D eigenvalue weighted by molar-refractivity contribution is 6.33. The van der Waals surface area contributed by atoms with Crippen LogP contribution in [-0.4, -0.2) is 25.0 Å². The minimum Gasteiger partial charge on any atom is -0.449 e. The van der Waals surface area contributed by atoms with Gasteiger partial charge in [0, 0.05) is 12.7 Å². The van der Waals surface area contributed by atoms with Crippen molar-refractivity contribution in [3.8, 4) is 0 Å². The predicted octanol–water partition coefficient (Wildman–Crippen LogP) is 4.96. The smallest absolute Gasteiger partial charge is 0.340 e. The van der Waals surface area contributed by atoms with Gasteiger partial charge in [0.15, 0.2) is 6.10 Å². The van der Waals surface area contributed by atoms with E-state index in [0.717, 1.165) is 22.0 Å². The standard InChI is InChI=1S/C23H23ClN2O3/c1-14(17-9-8-16-6-4-5-7-18(16)12-17)26-22(27)15(2)29-23(28)20-13-19(25-3)10-11-21(20)24/h4-15,25H,1-3H3,(H,26,27). The van der Waals surface area contributed by atoms with Crippen LogP contribution in [-0.2, 0) is 9.53 Å². The van der Waals surface area contributed by atoms with E-state index in [-0.39, 0.29) is 22.5 Å². The number of halogens is 1. The summed E-state index contributed by atoms with van der Waals surface area (Å²) in [4.78, 5) is 25.0. The molecule has 2 atom stereocenters. The van der Waals surface area contributed by atoms with E-state index in [4.69, 9.17) is 16.3 Å². The van der Waals surface area contributed by atoms with E-state index in [1.165, 1.54) is 6.92 Å². The minimum atomic E-state index is -0.959. The van der Waals surface area contributed by atoms with Crippen molar-refractivity contribution in [2.75, 3.05) is 12.4 Å². The first-order valence-electron chi connectivity index (χ1n) is 9.36. The number of carbonyl (C=O) groups is 2. The Morgan fingerprint density at radius 3 is 2.41 bits per heavy atom. The quantitative estimate of drug-likeness (QED) is 0.564. The molecule has 0 aromatic heterocycles. The predicted molar refractivity (Wildman–Crippen MR) is 116 cm³/mol. The zero-order valence-corrected chi connectivity index (χ0v) is 17.3. The second kappa shape index (κ2) is 8.97. The molecule has 2 N–H and O–H groups in total. The Labute approximate surface area is 175 Å². The molecule has 0 fully saturated rings. The fraction of sp³-hybridized carbons (Fsp3) is 0.217. The van der Waals surface area contributed by atoms with Gasteiger partial charge in [-0.15, -0.1) is 0 Å². The molecule has 0 bridgehead atoms. The van der Waals surface area contributed by atoms with E-state index in [1.54, 1.807) is 25.2 Å². The Balaban J connectivity index is 1.65. The van der Waals surface area contributed by atoms with Crippen molar-refractivity contribution in [2.24, 2.45) is 0 Å². The molecule has 0 heterocycles. The van der Waals surface area contributed by atoms with E-state index in [9.17, 15) is 9.59 Å². The van der Waals surface area contributed by atoms with Gasteiger partial charge in [-0.05, 0) is 54.4 Å². The molecule has 0 aliphatic carbocycles. The van der Waals surface area contributed by atoms with Crippen LogP contribution in [0.15, 0.2) is 60.7 Å². The minimum absolute atomic E-state index is 0.209. The topological polar surface area (TPSA) is 67.4 Å². The number of esters is 1. The third-order valence-electron chi connectivity index (χ3n) is 4.76. The van der Waals surface area contributed by atoms with Crippen LogP contribution in [0, 0.1) is 0 Å². The van der Waals surface area contributed by atoms with Gasteiger partial charge >= 0.3 is 5.97 Å². The number of carbonyl (C=O) groups excluding carboxylic acids is 2. The molecule has 0 aliphatic heterocycles. The summed E-state index contributed by atoms with van der Waals surface area (Å²) in [6.45, 7) is 3.43. The Morgan fingerprint density at radius 1 is 0.966 bits per heavy atom. The first-order chi connectivity index (χ1) is 13.9. The first-order valence-corrected chi connectivity index (χ1v) is 9.74. The highest BCUT2D eigenvalue weighted by Crippen LogP contribution is 2.23. The highest BCUT2D eigenvalue weighted by Gasteiger charge is 2.22. The molecular weight excluding hydrogens is 388 g/mol. The van der Waals surface area contributed by atoms with Crippen molar-refractivity contribution < 1.29 is 14.3 Å². The van der Waals surface area contributed by atoms with E-state index in [2.05, 4.69) is 10.6 Å². The third-order valence-corrected chi connectivity index (χ3v) is 5.09. The molecule has 0 spiro atoms. The average molecular weight is 411 g/mol. The Kier molecular flexibility index (Phi) is 6.39. The number of hydrogen-bond donors (Lipinski definition) is 2. The summed E-state index contributed by atoms with van der Waals surface area (Å²) < 4.78 is 5.32. The number of nitrogens with one attached hydrogen (secondary N) is 2. The molecule has 0 aliphatic rings. The lowest BCUT2D eigenvalue weighted by Gasteiger charge is -2.19. The zero-order valence-electron chi connectivity index (χ0n) is 16.5. The number of amides is 1. The van der Waals surface area contributed by atoms with Crippen LogP contribution in [0.2, 0.25) is 5.02 Å². The van der Waals surface area contributed by atoms with Crippen molar-refractivity contribution in [2.45, 2.75) is 26.0 Å². The van der Waals surface area contributed by atoms with Gasteiger partial charge in [0.2, 0.25) is 0 Å². The molecule has 3 aromatic carbocycles. The van der Waals surface area contributed by atoms with Crippen LogP contribution in [0.5, 0.6) is 0 Å². The zero-order chi connectivity index (χ0) is 21.0. The van der Waals surface area contributed by atoms with Crippen LogP contribution < -0.4 is 10.6 Å². The second-order valence-electron chi connectivity index (χ2n) is 6.83. The summed E-state index contributed by atoms with van der Waals surface area (Å²) in [6.07, 6.45) is -0.959. The van der Waals surface area contributed by atoms with Gasteiger partial charge in [0.1, 0.15) is 0 Å². The fourth-order valence-electron chi connectivity index (χ4n) is 3.01. The van der Waals surface area contributed by atoms with Gasteiger partial charge < -0.3 is 15.4 Å². The third kappa shape index (κ3) is 4.87. The Morgan fingerprint density at radius 2 is 1.69 bits per heavy atom. The lowest BCUT2D eigenvalue weighted by molar-refractivity contribution is -0.129. The maximum absolute atomic E-state index is 12.5. The second-order valence-corrected chi connectivity index (χ2v) is 7.24. The molecule has 5 nitrogen and oxygen atoms in total. The van der Waals surface area contributed by atoms with Crippen LogP contribution in [0.1, 0.15) is 35.8 Å².